The van der Waals surface area contributed by atoms with Crippen molar-refractivity contribution in [3.05, 3.63) is 70.3 Å². The first-order valence-electron chi connectivity index (χ1n) is 6.20. The number of ketones is 1. The second kappa shape index (κ2) is 6.74. The van der Waals surface area contributed by atoms with E-state index in [0.717, 1.165) is 5.56 Å². The summed E-state index contributed by atoms with van der Waals surface area (Å²) in [5.74, 6) is 0.232. The van der Waals surface area contributed by atoms with Gasteiger partial charge in [-0.25, -0.2) is 0 Å². The van der Waals surface area contributed by atoms with Crippen molar-refractivity contribution in [3.8, 4) is 11.8 Å². The normalized spacial score (nSPS) is 10.8. The molecule has 0 fully saturated rings. The molecule has 0 heterocycles. The van der Waals surface area contributed by atoms with Crippen LogP contribution in [-0.2, 0) is 0 Å². The van der Waals surface area contributed by atoms with Gasteiger partial charge in [-0.05, 0) is 35.9 Å². The van der Waals surface area contributed by atoms with Gasteiger partial charge < -0.3 is 4.74 Å². The summed E-state index contributed by atoms with van der Waals surface area (Å²) in [7, 11) is 1.53. The molecule has 0 atom stereocenters. The monoisotopic (exact) mass is 297 g/mol. The van der Waals surface area contributed by atoms with Crippen LogP contribution >= 0.6 is 11.6 Å². The molecule has 0 unspecified atom stereocenters. The first-order valence-corrected chi connectivity index (χ1v) is 6.58. The van der Waals surface area contributed by atoms with Crippen LogP contribution in [0.5, 0.6) is 5.75 Å². The van der Waals surface area contributed by atoms with Crippen molar-refractivity contribution in [3.63, 3.8) is 0 Å². The third-order valence-corrected chi connectivity index (χ3v) is 3.13. The number of nitriles is 1. The summed E-state index contributed by atoms with van der Waals surface area (Å²) in [6, 6.07) is 15.6. The number of hydrogen-bond donors (Lipinski definition) is 0. The molecule has 0 N–H and O–H groups in total. The van der Waals surface area contributed by atoms with Gasteiger partial charge in [0.05, 0.1) is 7.11 Å². The van der Waals surface area contributed by atoms with Crippen molar-refractivity contribution >= 4 is 23.5 Å². The predicted molar refractivity (Wildman–Crippen MR) is 82.4 cm³/mol. The Bertz CT molecular complexity index is 727. The molecule has 21 heavy (non-hydrogen) atoms. The first kappa shape index (κ1) is 14.8. The van der Waals surface area contributed by atoms with Gasteiger partial charge in [-0.15, -0.1) is 0 Å². The molecule has 2 rings (SSSR count). The summed E-state index contributed by atoms with van der Waals surface area (Å²) in [5.41, 5.74) is 1.22. The summed E-state index contributed by atoms with van der Waals surface area (Å²) in [6.45, 7) is 0. The minimum Gasteiger partial charge on any atom is -0.497 e. The molecule has 0 aliphatic rings. The number of carbonyl (C=O) groups excluding carboxylic acids is 1. The highest BCUT2D eigenvalue weighted by atomic mass is 35.5. The van der Waals surface area contributed by atoms with Gasteiger partial charge in [0.2, 0.25) is 5.78 Å². The van der Waals surface area contributed by atoms with Gasteiger partial charge in [0.1, 0.15) is 17.4 Å². The second-order valence-electron chi connectivity index (χ2n) is 4.28. The molecule has 4 heteroatoms. The topological polar surface area (TPSA) is 50.1 Å². The molecule has 0 amide bonds. The highest BCUT2D eigenvalue weighted by Gasteiger charge is 2.12. The third-order valence-electron chi connectivity index (χ3n) is 2.88. The lowest BCUT2D eigenvalue weighted by atomic mass is 10.0. The fraction of sp³-hybridized carbons (Fsp3) is 0.0588. The fourth-order valence-electron chi connectivity index (χ4n) is 1.79. The number of methoxy groups -OCH3 is 1. The average Bonchev–Trinajstić information content (AvgIpc) is 2.53. The lowest BCUT2D eigenvalue weighted by molar-refractivity contribution is 0.103. The van der Waals surface area contributed by atoms with Gasteiger partial charge >= 0.3 is 0 Å². The standard InChI is InChI=1S/C17H12ClNO2/c1-21-16-4-2-3-13(10-16)17(20)14(11-19)9-12-5-7-15(18)8-6-12/h2-10H,1H3/b14-9+. The molecule has 3 nitrogen and oxygen atoms in total. The highest BCUT2D eigenvalue weighted by molar-refractivity contribution is 6.30. The van der Waals surface area contributed by atoms with E-state index in [1.165, 1.54) is 13.2 Å². The van der Waals surface area contributed by atoms with Gasteiger partial charge in [-0.2, -0.15) is 5.26 Å². The molecule has 0 spiro atoms. The van der Waals surface area contributed by atoms with Crippen LogP contribution in [0.4, 0.5) is 0 Å². The third kappa shape index (κ3) is 3.71. The fourth-order valence-corrected chi connectivity index (χ4v) is 1.92. The zero-order chi connectivity index (χ0) is 15.2. The van der Waals surface area contributed by atoms with E-state index in [1.807, 2.05) is 6.07 Å². The Kier molecular flexibility index (Phi) is 4.76. The number of carbonyl (C=O) groups is 1. The van der Waals surface area contributed by atoms with E-state index in [2.05, 4.69) is 0 Å². The Balaban J connectivity index is 2.34. The largest absolute Gasteiger partial charge is 0.497 e. The summed E-state index contributed by atoms with van der Waals surface area (Å²) in [4.78, 5) is 12.3. The number of halogens is 1. The summed E-state index contributed by atoms with van der Waals surface area (Å²) >= 11 is 5.81. The Hall–Kier alpha value is -2.57. The van der Waals surface area contributed by atoms with E-state index in [1.54, 1.807) is 48.5 Å². The molecule has 0 aliphatic carbocycles. The predicted octanol–water partition coefficient (Wildman–Crippen LogP) is 4.14. The molecule has 0 saturated heterocycles. The van der Waals surface area contributed by atoms with Crippen LogP contribution in [0.1, 0.15) is 15.9 Å². The number of hydrogen-bond acceptors (Lipinski definition) is 3. The number of allylic oxidation sites excluding steroid dienone is 1. The number of Topliss-reactive ketones (excluding diaryl/α,β-unsaturated/α-hetero) is 1. The van der Waals surface area contributed by atoms with Crippen LogP contribution in [-0.4, -0.2) is 12.9 Å². The Labute approximate surface area is 128 Å². The van der Waals surface area contributed by atoms with Crippen LogP contribution in [0.2, 0.25) is 5.02 Å². The minimum atomic E-state index is -0.341. The summed E-state index contributed by atoms with van der Waals surface area (Å²) < 4.78 is 5.08. The number of nitrogens with zero attached hydrogens (tertiary/aromatic N) is 1. The maximum Gasteiger partial charge on any atom is 0.203 e. The maximum absolute atomic E-state index is 12.3. The van der Waals surface area contributed by atoms with Crippen molar-refractivity contribution in [1.82, 2.24) is 0 Å². The van der Waals surface area contributed by atoms with Crippen molar-refractivity contribution in [2.45, 2.75) is 0 Å². The van der Waals surface area contributed by atoms with Gasteiger partial charge in [-0.1, -0.05) is 35.9 Å². The number of rotatable bonds is 4. The minimum absolute atomic E-state index is 0.0607. The Morgan fingerprint density at radius 3 is 2.57 bits per heavy atom. The van der Waals surface area contributed by atoms with E-state index in [9.17, 15) is 10.1 Å². The second-order valence-corrected chi connectivity index (χ2v) is 4.72. The van der Waals surface area contributed by atoms with E-state index >= 15 is 0 Å². The van der Waals surface area contributed by atoms with Crippen LogP contribution in [0.15, 0.2) is 54.1 Å². The highest BCUT2D eigenvalue weighted by Crippen LogP contribution is 2.18. The van der Waals surface area contributed by atoms with E-state index in [0.29, 0.717) is 16.3 Å². The molecule has 0 radical (unpaired) electrons. The van der Waals surface area contributed by atoms with E-state index in [-0.39, 0.29) is 11.4 Å². The van der Waals surface area contributed by atoms with Gasteiger partial charge in [-0.3, -0.25) is 4.79 Å². The van der Waals surface area contributed by atoms with Crippen molar-refractivity contribution in [2.75, 3.05) is 7.11 Å². The van der Waals surface area contributed by atoms with Crippen molar-refractivity contribution in [2.24, 2.45) is 0 Å². The molecular formula is C17H12ClNO2. The van der Waals surface area contributed by atoms with Crippen LogP contribution in [0.25, 0.3) is 6.08 Å². The number of ether oxygens (including phenoxy) is 1. The summed E-state index contributed by atoms with van der Waals surface area (Å²) in [5, 5.41) is 9.81. The van der Waals surface area contributed by atoms with Crippen LogP contribution in [0.3, 0.4) is 0 Å². The van der Waals surface area contributed by atoms with E-state index < -0.39 is 0 Å². The summed E-state index contributed by atoms with van der Waals surface area (Å²) in [6.07, 6.45) is 1.54. The van der Waals surface area contributed by atoms with Crippen LogP contribution in [0, 0.1) is 11.3 Å². The number of benzene rings is 2. The van der Waals surface area contributed by atoms with Crippen LogP contribution < -0.4 is 4.74 Å². The molecule has 0 aromatic heterocycles. The lowest BCUT2D eigenvalue weighted by Gasteiger charge is -2.03. The van der Waals surface area contributed by atoms with Gasteiger partial charge in [0.15, 0.2) is 0 Å². The molecule has 2 aromatic carbocycles. The lowest BCUT2D eigenvalue weighted by Crippen LogP contribution is -2.02. The average molecular weight is 298 g/mol. The smallest absolute Gasteiger partial charge is 0.203 e. The molecule has 2 aromatic rings. The van der Waals surface area contributed by atoms with Gasteiger partial charge in [0, 0.05) is 10.6 Å². The molecule has 0 bridgehead atoms. The zero-order valence-electron chi connectivity index (χ0n) is 11.3. The van der Waals surface area contributed by atoms with Crippen molar-refractivity contribution in [1.29, 1.82) is 5.26 Å². The van der Waals surface area contributed by atoms with E-state index in [4.69, 9.17) is 16.3 Å². The quantitative estimate of drug-likeness (QED) is 0.484. The molecule has 0 aliphatic heterocycles. The van der Waals surface area contributed by atoms with Crippen molar-refractivity contribution < 1.29 is 9.53 Å². The maximum atomic E-state index is 12.3. The van der Waals surface area contributed by atoms with Gasteiger partial charge in [0.25, 0.3) is 0 Å². The Morgan fingerprint density at radius 2 is 1.95 bits per heavy atom. The first-order chi connectivity index (χ1) is 10.1. The molecule has 104 valence electrons. The molecular weight excluding hydrogens is 286 g/mol. The Morgan fingerprint density at radius 1 is 1.24 bits per heavy atom. The SMILES string of the molecule is COc1cccc(C(=O)/C(C#N)=C/c2ccc(Cl)cc2)c1. The zero-order valence-corrected chi connectivity index (χ0v) is 12.1. The molecule has 0 saturated carbocycles.